The maximum atomic E-state index is 13.8. The van der Waals surface area contributed by atoms with Crippen LogP contribution in [0.1, 0.15) is 36.0 Å². The second-order valence-electron chi connectivity index (χ2n) is 9.22. The first-order valence-electron chi connectivity index (χ1n) is 11.8. The first-order chi connectivity index (χ1) is 16.0. The average Bonchev–Trinajstić information content (AvgIpc) is 3.66. The van der Waals surface area contributed by atoms with Crippen LogP contribution in [0.5, 0.6) is 5.75 Å². The molecule has 1 aromatic rings. The van der Waals surface area contributed by atoms with Crippen molar-refractivity contribution in [2.24, 2.45) is 5.92 Å². The topological polar surface area (TPSA) is 88.6 Å². The second kappa shape index (κ2) is 8.95. The third-order valence-electron chi connectivity index (χ3n) is 7.19. The van der Waals surface area contributed by atoms with E-state index in [1.807, 2.05) is 4.90 Å². The normalized spacial score (nSPS) is 24.8. The van der Waals surface area contributed by atoms with Crippen molar-refractivity contribution in [3.8, 4) is 5.75 Å². The number of rotatable bonds is 4. The molecule has 0 N–H and O–H groups in total. The molecule has 178 valence electrons. The molecule has 0 bridgehead atoms. The third-order valence-corrected chi connectivity index (χ3v) is 7.19. The molecule has 5 rings (SSSR count). The van der Waals surface area contributed by atoms with Crippen molar-refractivity contribution in [1.82, 2.24) is 14.7 Å². The van der Waals surface area contributed by atoms with Gasteiger partial charge in [0.1, 0.15) is 17.5 Å². The molecular weight excluding hydrogens is 426 g/mol. The third kappa shape index (κ3) is 4.19. The molecule has 1 unspecified atom stereocenters. The number of nitrogens with zero attached hydrogens (tertiary/aromatic N) is 3. The van der Waals surface area contributed by atoms with E-state index < -0.39 is 11.8 Å². The van der Waals surface area contributed by atoms with Crippen molar-refractivity contribution in [1.29, 1.82) is 0 Å². The van der Waals surface area contributed by atoms with Gasteiger partial charge in [-0.05, 0) is 31.0 Å². The molecule has 1 atom stereocenters. The number of amides is 3. The monoisotopic (exact) mass is 457 g/mol. The van der Waals surface area contributed by atoms with Crippen LogP contribution in [0.15, 0.2) is 24.3 Å². The lowest BCUT2D eigenvalue weighted by molar-refractivity contribution is -0.147. The van der Waals surface area contributed by atoms with Crippen molar-refractivity contribution in [3.05, 3.63) is 29.8 Å². The maximum absolute atomic E-state index is 13.8. The molecule has 0 aromatic heterocycles. The number of carbonyl (C=O) groups excluding carboxylic acids is 3. The summed E-state index contributed by atoms with van der Waals surface area (Å²) in [6.45, 7) is 3.20. The highest BCUT2D eigenvalue weighted by molar-refractivity contribution is 5.98. The number of hydrogen-bond acceptors (Lipinski definition) is 6. The van der Waals surface area contributed by atoms with Crippen molar-refractivity contribution < 1.29 is 28.6 Å². The standard InChI is InChI=1S/C24H31N3O6/c1-31-19-4-2-3-18(15-19)22(29)27-20(23(30)26-11-13-32-14-12-26)16-33-24(27)7-9-25(10-8-24)21(28)17-5-6-17/h2-4,15,17,20H,5-14,16H2,1H3. The first-order valence-corrected chi connectivity index (χ1v) is 11.8. The van der Waals surface area contributed by atoms with Gasteiger partial charge in [0.2, 0.25) is 11.8 Å². The van der Waals surface area contributed by atoms with Crippen molar-refractivity contribution in [2.45, 2.75) is 37.5 Å². The Bertz CT molecular complexity index is 919. The molecule has 1 aromatic carbocycles. The Hall–Kier alpha value is -2.65. The molecule has 3 heterocycles. The Balaban J connectivity index is 1.41. The molecule has 9 nitrogen and oxygen atoms in total. The number of methoxy groups -OCH3 is 1. The Kier molecular flexibility index (Phi) is 6.01. The summed E-state index contributed by atoms with van der Waals surface area (Å²) in [6.07, 6.45) is 2.92. The van der Waals surface area contributed by atoms with Gasteiger partial charge >= 0.3 is 0 Å². The number of carbonyl (C=O) groups is 3. The minimum Gasteiger partial charge on any atom is -0.497 e. The zero-order valence-electron chi connectivity index (χ0n) is 19.0. The van der Waals surface area contributed by atoms with Gasteiger partial charge in [-0.2, -0.15) is 0 Å². The number of hydrogen-bond donors (Lipinski definition) is 0. The molecule has 1 spiro atoms. The lowest BCUT2D eigenvalue weighted by atomic mass is 9.96. The maximum Gasteiger partial charge on any atom is 0.257 e. The van der Waals surface area contributed by atoms with Crippen LogP contribution in [0.25, 0.3) is 0 Å². The van der Waals surface area contributed by atoms with Gasteiger partial charge < -0.3 is 24.0 Å². The number of ether oxygens (including phenoxy) is 3. The van der Waals surface area contributed by atoms with Crippen LogP contribution in [0.2, 0.25) is 0 Å². The summed E-state index contributed by atoms with van der Waals surface area (Å²) in [4.78, 5) is 45.2. The predicted octanol–water partition coefficient (Wildman–Crippen LogP) is 1.12. The minimum atomic E-state index is -0.896. The molecule has 9 heteroatoms. The molecule has 1 saturated carbocycles. The Morgan fingerprint density at radius 1 is 1.00 bits per heavy atom. The van der Waals surface area contributed by atoms with Gasteiger partial charge in [0, 0.05) is 50.5 Å². The van der Waals surface area contributed by atoms with Crippen molar-refractivity contribution in [2.75, 3.05) is 53.1 Å². The largest absolute Gasteiger partial charge is 0.497 e. The highest BCUT2D eigenvalue weighted by Crippen LogP contribution is 2.40. The summed E-state index contributed by atoms with van der Waals surface area (Å²) in [5, 5.41) is 0. The van der Waals surface area contributed by atoms with Crippen molar-refractivity contribution in [3.63, 3.8) is 0 Å². The lowest BCUT2D eigenvalue weighted by Gasteiger charge is -2.45. The van der Waals surface area contributed by atoms with Gasteiger partial charge in [-0.15, -0.1) is 0 Å². The van der Waals surface area contributed by atoms with E-state index in [0.717, 1.165) is 12.8 Å². The molecule has 33 heavy (non-hydrogen) atoms. The summed E-state index contributed by atoms with van der Waals surface area (Å²) in [6, 6.07) is 6.28. The number of benzene rings is 1. The van der Waals surface area contributed by atoms with Gasteiger partial charge in [0.05, 0.1) is 26.9 Å². The first kappa shape index (κ1) is 22.2. The lowest BCUT2D eigenvalue weighted by Crippen LogP contribution is -2.60. The fraction of sp³-hybridized carbons (Fsp3) is 0.625. The molecule has 3 saturated heterocycles. The van der Waals surface area contributed by atoms with E-state index in [4.69, 9.17) is 14.2 Å². The van der Waals surface area contributed by atoms with Gasteiger partial charge in [-0.1, -0.05) is 6.07 Å². The van der Waals surface area contributed by atoms with Crippen LogP contribution < -0.4 is 4.74 Å². The molecular formula is C24H31N3O6. The van der Waals surface area contributed by atoms with Crippen LogP contribution in [0.3, 0.4) is 0 Å². The summed E-state index contributed by atoms with van der Waals surface area (Å²) >= 11 is 0. The van der Waals surface area contributed by atoms with Gasteiger partial charge in [0.25, 0.3) is 5.91 Å². The Labute approximate surface area is 193 Å². The number of morpholine rings is 1. The minimum absolute atomic E-state index is 0.108. The van der Waals surface area contributed by atoms with E-state index in [1.165, 1.54) is 0 Å². The fourth-order valence-electron chi connectivity index (χ4n) is 5.11. The van der Waals surface area contributed by atoms with Crippen molar-refractivity contribution >= 4 is 17.7 Å². The summed E-state index contributed by atoms with van der Waals surface area (Å²) < 4.78 is 17.0. The summed E-state index contributed by atoms with van der Waals surface area (Å²) in [5.74, 6) is 0.585. The average molecular weight is 458 g/mol. The molecule has 1 aliphatic carbocycles. The summed E-state index contributed by atoms with van der Waals surface area (Å²) in [7, 11) is 1.56. The molecule has 0 radical (unpaired) electrons. The van der Waals surface area contributed by atoms with Crippen LogP contribution in [0, 0.1) is 5.92 Å². The number of piperidine rings is 1. The van der Waals surface area contributed by atoms with Crippen LogP contribution >= 0.6 is 0 Å². The van der Waals surface area contributed by atoms with Crippen LogP contribution in [-0.2, 0) is 19.1 Å². The molecule has 3 aliphatic heterocycles. The van der Waals surface area contributed by atoms with E-state index in [1.54, 1.807) is 41.2 Å². The molecule has 4 aliphatic rings. The van der Waals surface area contributed by atoms with Gasteiger partial charge in [0.15, 0.2) is 0 Å². The smallest absolute Gasteiger partial charge is 0.257 e. The van der Waals surface area contributed by atoms with Crippen LogP contribution in [-0.4, -0.2) is 97.3 Å². The number of likely N-dealkylation sites (tertiary alicyclic amines) is 1. The molecule has 4 fully saturated rings. The second-order valence-corrected chi connectivity index (χ2v) is 9.22. The van der Waals surface area contributed by atoms with Gasteiger partial charge in [-0.3, -0.25) is 19.3 Å². The highest BCUT2D eigenvalue weighted by atomic mass is 16.5. The van der Waals surface area contributed by atoms with E-state index in [9.17, 15) is 14.4 Å². The molecule has 3 amide bonds. The van der Waals surface area contributed by atoms with Gasteiger partial charge in [-0.25, -0.2) is 0 Å². The van der Waals surface area contributed by atoms with E-state index in [2.05, 4.69) is 0 Å². The van der Waals surface area contributed by atoms with Crippen LogP contribution in [0.4, 0.5) is 0 Å². The van der Waals surface area contributed by atoms with E-state index >= 15 is 0 Å². The quantitative estimate of drug-likeness (QED) is 0.674. The predicted molar refractivity (Wildman–Crippen MR) is 118 cm³/mol. The Morgan fingerprint density at radius 2 is 1.70 bits per heavy atom. The summed E-state index contributed by atoms with van der Waals surface area (Å²) in [5.41, 5.74) is -0.442. The fourth-order valence-corrected chi connectivity index (χ4v) is 5.11. The van der Waals surface area contributed by atoms with E-state index in [-0.39, 0.29) is 30.2 Å². The Morgan fingerprint density at radius 3 is 2.36 bits per heavy atom. The SMILES string of the molecule is COc1cccc(C(=O)N2C(C(=O)N3CCOCC3)COC23CCN(C(=O)C2CC2)CC3)c1. The van der Waals surface area contributed by atoms with E-state index in [0.29, 0.717) is 63.5 Å². The zero-order valence-corrected chi connectivity index (χ0v) is 19.0. The zero-order chi connectivity index (χ0) is 23.0. The highest BCUT2D eigenvalue weighted by Gasteiger charge is 2.55.